The van der Waals surface area contributed by atoms with Crippen LogP contribution in [0.15, 0.2) is 65.7 Å². The number of aromatic nitrogens is 1. The SMILES string of the molecule is CCc1ccc(C(=O)O)cc1SNc1cc(C(F)(F)F)ccc1-c1ccccn1. The van der Waals surface area contributed by atoms with Crippen LogP contribution in [-0.2, 0) is 12.6 Å². The Morgan fingerprint density at radius 3 is 2.55 bits per heavy atom. The molecule has 2 aromatic carbocycles. The van der Waals surface area contributed by atoms with E-state index in [1.54, 1.807) is 30.5 Å². The second-order valence-corrected chi connectivity index (χ2v) is 7.01. The zero-order chi connectivity index (χ0) is 21.0. The monoisotopic (exact) mass is 418 g/mol. The number of aryl methyl sites for hydroxylation is 1. The van der Waals surface area contributed by atoms with E-state index in [9.17, 15) is 23.1 Å². The molecule has 1 aromatic heterocycles. The molecule has 2 N–H and O–H groups in total. The number of pyridine rings is 1. The van der Waals surface area contributed by atoms with Gasteiger partial charge in [0.1, 0.15) is 0 Å². The van der Waals surface area contributed by atoms with E-state index in [1.807, 2.05) is 6.92 Å². The fourth-order valence-corrected chi connectivity index (χ4v) is 3.65. The molecule has 0 atom stereocenters. The smallest absolute Gasteiger partial charge is 0.416 e. The van der Waals surface area contributed by atoms with E-state index < -0.39 is 17.7 Å². The van der Waals surface area contributed by atoms with Gasteiger partial charge in [-0.1, -0.05) is 25.1 Å². The van der Waals surface area contributed by atoms with E-state index in [4.69, 9.17) is 0 Å². The maximum absolute atomic E-state index is 13.2. The number of hydrogen-bond acceptors (Lipinski definition) is 4. The Morgan fingerprint density at radius 2 is 1.93 bits per heavy atom. The first kappa shape index (κ1) is 20.7. The minimum atomic E-state index is -4.48. The molecule has 3 rings (SSSR count). The molecule has 0 aliphatic carbocycles. The summed E-state index contributed by atoms with van der Waals surface area (Å²) < 4.78 is 42.6. The van der Waals surface area contributed by atoms with Gasteiger partial charge < -0.3 is 9.83 Å². The Balaban J connectivity index is 1.99. The van der Waals surface area contributed by atoms with Crippen molar-refractivity contribution in [3.8, 4) is 11.3 Å². The molecular weight excluding hydrogens is 401 g/mol. The van der Waals surface area contributed by atoms with Crippen molar-refractivity contribution in [1.29, 1.82) is 0 Å². The maximum Gasteiger partial charge on any atom is 0.416 e. The zero-order valence-electron chi connectivity index (χ0n) is 15.3. The van der Waals surface area contributed by atoms with Gasteiger partial charge in [-0.15, -0.1) is 0 Å². The molecule has 0 saturated heterocycles. The van der Waals surface area contributed by atoms with E-state index in [0.29, 0.717) is 22.6 Å². The second kappa shape index (κ2) is 8.57. The van der Waals surface area contributed by atoms with Crippen molar-refractivity contribution in [2.75, 3.05) is 4.72 Å². The minimum Gasteiger partial charge on any atom is -0.478 e. The molecular formula is C21H17F3N2O2S. The highest BCUT2D eigenvalue weighted by Crippen LogP contribution is 2.37. The van der Waals surface area contributed by atoms with Gasteiger partial charge in [-0.2, -0.15) is 13.2 Å². The lowest BCUT2D eigenvalue weighted by Gasteiger charge is -2.16. The molecule has 0 fully saturated rings. The normalized spacial score (nSPS) is 11.3. The number of alkyl halides is 3. The lowest BCUT2D eigenvalue weighted by molar-refractivity contribution is -0.137. The number of nitrogens with zero attached hydrogens (tertiary/aromatic N) is 1. The molecule has 0 aliphatic heterocycles. The average Bonchev–Trinajstić information content (AvgIpc) is 2.71. The summed E-state index contributed by atoms with van der Waals surface area (Å²) in [6.45, 7) is 1.92. The molecule has 0 spiro atoms. The van der Waals surface area contributed by atoms with Gasteiger partial charge in [0.05, 0.1) is 22.5 Å². The first-order valence-corrected chi connectivity index (χ1v) is 9.53. The van der Waals surface area contributed by atoms with Crippen LogP contribution in [0.25, 0.3) is 11.3 Å². The lowest BCUT2D eigenvalue weighted by Crippen LogP contribution is -2.06. The van der Waals surface area contributed by atoms with Crippen LogP contribution in [0.4, 0.5) is 18.9 Å². The van der Waals surface area contributed by atoms with Crippen LogP contribution < -0.4 is 4.72 Å². The summed E-state index contributed by atoms with van der Waals surface area (Å²) in [4.78, 5) is 16.1. The number of aromatic carboxylic acids is 1. The second-order valence-electron chi connectivity index (χ2n) is 6.16. The molecule has 0 saturated carbocycles. The Labute approximate surface area is 169 Å². The number of hydrogen-bond donors (Lipinski definition) is 2. The van der Waals surface area contributed by atoms with Crippen LogP contribution in [-0.4, -0.2) is 16.1 Å². The molecule has 0 bridgehead atoms. The van der Waals surface area contributed by atoms with E-state index in [-0.39, 0.29) is 11.3 Å². The number of nitrogens with one attached hydrogen (secondary N) is 1. The predicted molar refractivity (Wildman–Crippen MR) is 107 cm³/mol. The maximum atomic E-state index is 13.2. The highest BCUT2D eigenvalue weighted by molar-refractivity contribution is 8.00. The standard InChI is InChI=1S/C21H17F3N2O2S/c1-2-13-6-7-14(20(27)28)11-19(13)29-26-18-12-15(21(22,23)24)8-9-16(18)17-5-3-4-10-25-17/h3-12,26H,2H2,1H3,(H,27,28). The predicted octanol–water partition coefficient (Wildman–Crippen LogP) is 6.15. The lowest BCUT2D eigenvalue weighted by atomic mass is 10.1. The quantitative estimate of drug-likeness (QED) is 0.470. The van der Waals surface area contributed by atoms with Crippen molar-refractivity contribution in [2.24, 2.45) is 0 Å². The van der Waals surface area contributed by atoms with Gasteiger partial charge in [-0.05, 0) is 60.3 Å². The molecule has 29 heavy (non-hydrogen) atoms. The summed E-state index contributed by atoms with van der Waals surface area (Å²) in [6.07, 6.45) is -2.27. The Bertz CT molecular complexity index is 1020. The van der Waals surface area contributed by atoms with Crippen LogP contribution in [0.1, 0.15) is 28.4 Å². The summed E-state index contributed by atoms with van der Waals surface area (Å²) in [6, 6.07) is 13.3. The van der Waals surface area contributed by atoms with Gasteiger partial charge in [-0.25, -0.2) is 4.79 Å². The fraction of sp³-hybridized carbons (Fsp3) is 0.143. The molecule has 150 valence electrons. The molecule has 3 aromatic rings. The van der Waals surface area contributed by atoms with Crippen LogP contribution in [0, 0.1) is 0 Å². The van der Waals surface area contributed by atoms with Gasteiger partial charge in [0, 0.05) is 16.7 Å². The third-order valence-electron chi connectivity index (χ3n) is 4.25. The molecule has 1 heterocycles. The largest absolute Gasteiger partial charge is 0.478 e. The number of benzene rings is 2. The molecule has 0 amide bonds. The molecule has 8 heteroatoms. The Hall–Kier alpha value is -3.00. The van der Waals surface area contributed by atoms with Crippen LogP contribution in [0.5, 0.6) is 0 Å². The first-order chi connectivity index (χ1) is 13.8. The van der Waals surface area contributed by atoms with Gasteiger partial charge >= 0.3 is 12.1 Å². The third kappa shape index (κ3) is 4.89. The van der Waals surface area contributed by atoms with Crippen LogP contribution >= 0.6 is 11.9 Å². The van der Waals surface area contributed by atoms with Gasteiger partial charge in [0.2, 0.25) is 0 Å². The van der Waals surface area contributed by atoms with E-state index in [0.717, 1.165) is 29.6 Å². The Morgan fingerprint density at radius 1 is 1.14 bits per heavy atom. The number of carboxylic acid groups (broad SMARTS) is 1. The third-order valence-corrected chi connectivity index (χ3v) is 5.18. The fourth-order valence-electron chi connectivity index (χ4n) is 2.74. The number of carboxylic acids is 1. The zero-order valence-corrected chi connectivity index (χ0v) is 16.1. The van der Waals surface area contributed by atoms with Crippen LogP contribution in [0.2, 0.25) is 0 Å². The summed E-state index contributed by atoms with van der Waals surface area (Å²) >= 11 is 1.08. The van der Waals surface area contributed by atoms with Crippen molar-refractivity contribution in [3.63, 3.8) is 0 Å². The molecule has 4 nitrogen and oxygen atoms in total. The average molecular weight is 418 g/mol. The molecule has 0 unspecified atom stereocenters. The number of anilines is 1. The summed E-state index contributed by atoms with van der Waals surface area (Å²) in [5.74, 6) is -1.07. The highest BCUT2D eigenvalue weighted by Gasteiger charge is 2.31. The summed E-state index contributed by atoms with van der Waals surface area (Å²) in [5.41, 5.74) is 1.50. The number of halogens is 3. The van der Waals surface area contributed by atoms with Crippen molar-refractivity contribution in [1.82, 2.24) is 4.98 Å². The van der Waals surface area contributed by atoms with Crippen molar-refractivity contribution < 1.29 is 23.1 Å². The van der Waals surface area contributed by atoms with E-state index in [1.165, 1.54) is 18.2 Å². The van der Waals surface area contributed by atoms with Crippen molar-refractivity contribution in [3.05, 3.63) is 77.5 Å². The topological polar surface area (TPSA) is 62.2 Å². The van der Waals surface area contributed by atoms with Gasteiger partial charge in [-0.3, -0.25) is 4.98 Å². The van der Waals surface area contributed by atoms with Crippen molar-refractivity contribution >= 4 is 23.6 Å². The van der Waals surface area contributed by atoms with Crippen molar-refractivity contribution in [2.45, 2.75) is 24.4 Å². The van der Waals surface area contributed by atoms with Crippen LogP contribution in [0.3, 0.4) is 0 Å². The first-order valence-electron chi connectivity index (χ1n) is 8.71. The van der Waals surface area contributed by atoms with Gasteiger partial charge in [0.25, 0.3) is 0 Å². The van der Waals surface area contributed by atoms with Gasteiger partial charge in [0.15, 0.2) is 0 Å². The van der Waals surface area contributed by atoms with E-state index in [2.05, 4.69) is 9.71 Å². The summed E-state index contributed by atoms with van der Waals surface area (Å²) in [5, 5.41) is 9.21. The highest BCUT2D eigenvalue weighted by atomic mass is 32.2. The molecule has 0 radical (unpaired) electrons. The van der Waals surface area contributed by atoms with E-state index >= 15 is 0 Å². The Kier molecular flexibility index (Phi) is 6.12. The molecule has 0 aliphatic rings. The number of carbonyl (C=O) groups is 1. The summed E-state index contributed by atoms with van der Waals surface area (Å²) in [7, 11) is 0. The minimum absolute atomic E-state index is 0.112. The number of rotatable bonds is 6.